The first-order chi connectivity index (χ1) is 7.68. The zero-order chi connectivity index (χ0) is 11.8. The SMILES string of the molecule is CN(C)CCOCCNC1CCCN(C)C1. The summed E-state index contributed by atoms with van der Waals surface area (Å²) < 4.78 is 5.54. The Hall–Kier alpha value is -0.160. The van der Waals surface area contributed by atoms with Crippen molar-refractivity contribution >= 4 is 0 Å². The van der Waals surface area contributed by atoms with Crippen molar-refractivity contribution in [2.24, 2.45) is 0 Å². The minimum absolute atomic E-state index is 0.663. The van der Waals surface area contributed by atoms with E-state index in [1.807, 2.05) is 0 Å². The summed E-state index contributed by atoms with van der Waals surface area (Å²) in [4.78, 5) is 4.54. The molecule has 4 heteroatoms. The van der Waals surface area contributed by atoms with Gasteiger partial charge in [-0.1, -0.05) is 0 Å². The number of piperidine rings is 1. The van der Waals surface area contributed by atoms with Crippen molar-refractivity contribution in [3.63, 3.8) is 0 Å². The lowest BCUT2D eigenvalue weighted by molar-refractivity contribution is 0.114. The summed E-state index contributed by atoms with van der Waals surface area (Å²) >= 11 is 0. The molecule has 4 nitrogen and oxygen atoms in total. The smallest absolute Gasteiger partial charge is 0.0593 e. The Bertz CT molecular complexity index is 176. The Labute approximate surface area is 99.9 Å². The molecule has 16 heavy (non-hydrogen) atoms. The quantitative estimate of drug-likeness (QED) is 0.633. The number of hydrogen-bond donors (Lipinski definition) is 1. The highest BCUT2D eigenvalue weighted by molar-refractivity contribution is 4.75. The average Bonchev–Trinajstić information content (AvgIpc) is 2.23. The summed E-state index contributed by atoms with van der Waals surface area (Å²) in [6, 6.07) is 0.663. The van der Waals surface area contributed by atoms with Crippen molar-refractivity contribution in [3.05, 3.63) is 0 Å². The largest absolute Gasteiger partial charge is 0.379 e. The highest BCUT2D eigenvalue weighted by atomic mass is 16.5. The molecule has 1 atom stereocenters. The van der Waals surface area contributed by atoms with E-state index in [-0.39, 0.29) is 0 Å². The average molecular weight is 229 g/mol. The minimum Gasteiger partial charge on any atom is -0.379 e. The third kappa shape index (κ3) is 6.43. The molecule has 1 N–H and O–H groups in total. The molecule has 0 aromatic carbocycles. The predicted molar refractivity (Wildman–Crippen MR) is 67.9 cm³/mol. The first kappa shape index (κ1) is 13.9. The fraction of sp³-hybridized carbons (Fsp3) is 1.00. The fourth-order valence-corrected chi connectivity index (χ4v) is 2.02. The van der Waals surface area contributed by atoms with Crippen molar-refractivity contribution in [1.29, 1.82) is 0 Å². The van der Waals surface area contributed by atoms with Crippen LogP contribution < -0.4 is 5.32 Å². The van der Waals surface area contributed by atoms with Gasteiger partial charge in [-0.2, -0.15) is 0 Å². The lowest BCUT2D eigenvalue weighted by Gasteiger charge is -2.30. The second kappa shape index (κ2) is 8.01. The standard InChI is InChI=1S/C12H27N3O/c1-14(2)8-10-16-9-6-13-12-5-4-7-15(3)11-12/h12-13H,4-11H2,1-3H3. The van der Waals surface area contributed by atoms with E-state index < -0.39 is 0 Å². The number of hydrogen-bond acceptors (Lipinski definition) is 4. The van der Waals surface area contributed by atoms with Gasteiger partial charge < -0.3 is 19.9 Å². The molecule has 0 aromatic rings. The number of ether oxygens (including phenoxy) is 1. The molecular formula is C12H27N3O. The summed E-state index contributed by atoms with van der Waals surface area (Å²) in [7, 11) is 6.33. The second-order valence-corrected chi connectivity index (χ2v) is 4.97. The highest BCUT2D eigenvalue weighted by Gasteiger charge is 2.15. The normalized spacial score (nSPS) is 22.9. The van der Waals surface area contributed by atoms with Crippen LogP contribution in [0.4, 0.5) is 0 Å². The van der Waals surface area contributed by atoms with Gasteiger partial charge in [0.1, 0.15) is 0 Å². The molecule has 0 radical (unpaired) electrons. The van der Waals surface area contributed by atoms with Crippen LogP contribution in [-0.4, -0.2) is 76.4 Å². The molecule has 0 aromatic heterocycles. The van der Waals surface area contributed by atoms with E-state index in [4.69, 9.17) is 4.74 Å². The Morgan fingerprint density at radius 1 is 1.38 bits per heavy atom. The van der Waals surface area contributed by atoms with E-state index in [1.165, 1.54) is 25.9 Å². The van der Waals surface area contributed by atoms with Gasteiger partial charge in [0.15, 0.2) is 0 Å². The van der Waals surface area contributed by atoms with E-state index in [0.29, 0.717) is 6.04 Å². The van der Waals surface area contributed by atoms with Crippen molar-refractivity contribution < 1.29 is 4.74 Å². The second-order valence-electron chi connectivity index (χ2n) is 4.97. The van der Waals surface area contributed by atoms with E-state index >= 15 is 0 Å². The van der Waals surface area contributed by atoms with Crippen LogP contribution in [0, 0.1) is 0 Å². The predicted octanol–water partition coefficient (Wildman–Crippen LogP) is 0.248. The molecule has 1 fully saturated rings. The van der Waals surface area contributed by atoms with Crippen molar-refractivity contribution in [2.45, 2.75) is 18.9 Å². The first-order valence-corrected chi connectivity index (χ1v) is 6.33. The maximum Gasteiger partial charge on any atom is 0.0593 e. The third-order valence-electron chi connectivity index (χ3n) is 2.99. The van der Waals surface area contributed by atoms with Crippen LogP contribution in [0.1, 0.15) is 12.8 Å². The van der Waals surface area contributed by atoms with E-state index in [2.05, 4.69) is 36.3 Å². The molecule has 1 aliphatic rings. The summed E-state index contributed by atoms with van der Waals surface area (Å²) in [6.07, 6.45) is 2.62. The fourth-order valence-electron chi connectivity index (χ4n) is 2.02. The van der Waals surface area contributed by atoms with Crippen LogP contribution in [0.5, 0.6) is 0 Å². The van der Waals surface area contributed by atoms with Crippen molar-refractivity contribution in [1.82, 2.24) is 15.1 Å². The summed E-state index contributed by atoms with van der Waals surface area (Å²) in [6.45, 7) is 6.07. The van der Waals surface area contributed by atoms with Gasteiger partial charge in [0, 0.05) is 25.7 Å². The van der Waals surface area contributed by atoms with Gasteiger partial charge in [0.2, 0.25) is 0 Å². The van der Waals surface area contributed by atoms with Gasteiger partial charge in [-0.15, -0.1) is 0 Å². The molecule has 96 valence electrons. The molecular weight excluding hydrogens is 202 g/mol. The van der Waals surface area contributed by atoms with E-state index in [0.717, 1.165) is 26.3 Å². The molecule has 1 aliphatic heterocycles. The van der Waals surface area contributed by atoms with Gasteiger partial charge in [-0.25, -0.2) is 0 Å². The van der Waals surface area contributed by atoms with Gasteiger partial charge >= 0.3 is 0 Å². The molecule has 0 saturated carbocycles. The zero-order valence-corrected chi connectivity index (χ0v) is 11.0. The number of nitrogens with one attached hydrogen (secondary N) is 1. The number of rotatable bonds is 7. The van der Waals surface area contributed by atoms with Crippen molar-refractivity contribution in [2.75, 3.05) is 60.5 Å². The van der Waals surface area contributed by atoms with Gasteiger partial charge in [-0.3, -0.25) is 0 Å². The molecule has 1 saturated heterocycles. The monoisotopic (exact) mass is 229 g/mol. The van der Waals surface area contributed by atoms with Crippen LogP contribution in [0.2, 0.25) is 0 Å². The Morgan fingerprint density at radius 2 is 2.19 bits per heavy atom. The zero-order valence-electron chi connectivity index (χ0n) is 11.0. The number of likely N-dealkylation sites (tertiary alicyclic amines) is 1. The van der Waals surface area contributed by atoms with Gasteiger partial charge in [0.05, 0.1) is 13.2 Å². The molecule has 0 bridgehead atoms. The maximum atomic E-state index is 5.54. The third-order valence-corrected chi connectivity index (χ3v) is 2.99. The maximum absolute atomic E-state index is 5.54. The first-order valence-electron chi connectivity index (χ1n) is 6.33. The Balaban J connectivity index is 1.90. The Kier molecular flexibility index (Phi) is 6.96. The van der Waals surface area contributed by atoms with Crippen molar-refractivity contribution in [3.8, 4) is 0 Å². The lowest BCUT2D eigenvalue weighted by atomic mass is 10.1. The van der Waals surface area contributed by atoms with Crippen LogP contribution in [0.3, 0.4) is 0 Å². The molecule has 0 spiro atoms. The van der Waals surface area contributed by atoms with E-state index in [1.54, 1.807) is 0 Å². The molecule has 1 rings (SSSR count). The lowest BCUT2D eigenvalue weighted by Crippen LogP contribution is -2.44. The number of likely N-dealkylation sites (N-methyl/N-ethyl adjacent to an activating group) is 2. The molecule has 1 unspecified atom stereocenters. The van der Waals surface area contributed by atoms with Gasteiger partial charge in [-0.05, 0) is 40.5 Å². The van der Waals surface area contributed by atoms with Gasteiger partial charge in [0.25, 0.3) is 0 Å². The van der Waals surface area contributed by atoms with Crippen LogP contribution in [0.25, 0.3) is 0 Å². The number of nitrogens with zero attached hydrogens (tertiary/aromatic N) is 2. The molecule has 1 heterocycles. The molecule has 0 aliphatic carbocycles. The van der Waals surface area contributed by atoms with Crippen LogP contribution in [0.15, 0.2) is 0 Å². The summed E-state index contributed by atoms with van der Waals surface area (Å²) in [5.74, 6) is 0. The highest BCUT2D eigenvalue weighted by Crippen LogP contribution is 2.07. The van der Waals surface area contributed by atoms with Crippen LogP contribution >= 0.6 is 0 Å². The summed E-state index contributed by atoms with van der Waals surface area (Å²) in [5.41, 5.74) is 0. The topological polar surface area (TPSA) is 27.7 Å². The summed E-state index contributed by atoms with van der Waals surface area (Å²) in [5, 5.41) is 3.56. The molecule has 0 amide bonds. The van der Waals surface area contributed by atoms with E-state index in [9.17, 15) is 0 Å². The minimum atomic E-state index is 0.663. The Morgan fingerprint density at radius 3 is 2.88 bits per heavy atom. The van der Waals surface area contributed by atoms with Crippen LogP contribution in [-0.2, 0) is 4.74 Å².